The van der Waals surface area contributed by atoms with Gasteiger partial charge >= 0.3 is 23.8 Å². The van der Waals surface area contributed by atoms with Crippen LogP contribution in [0.5, 0.6) is 0 Å². The number of hydrogen-bond donors (Lipinski definition) is 0. The molecular weight excluding hydrogens is 362 g/mol. The van der Waals surface area contributed by atoms with Gasteiger partial charge in [0.2, 0.25) is 0 Å². The number of fused-ring (bicyclic) bond motifs is 1. The van der Waals surface area contributed by atoms with Crippen LogP contribution in [0.25, 0.3) is 0 Å². The molecule has 1 aliphatic heterocycles. The Morgan fingerprint density at radius 2 is 1.85 bits per heavy atom. The molecule has 8 heteroatoms. The van der Waals surface area contributed by atoms with E-state index in [4.69, 9.17) is 14.2 Å². The zero-order valence-electron chi connectivity index (χ0n) is 15.4. The van der Waals surface area contributed by atoms with Gasteiger partial charge in [0.25, 0.3) is 0 Å². The summed E-state index contributed by atoms with van der Waals surface area (Å²) >= 11 is 0. The lowest BCUT2D eigenvalue weighted by molar-refractivity contribution is -0.188. The van der Waals surface area contributed by atoms with Crippen molar-refractivity contribution >= 4 is 17.9 Å². The molecular formula is C19H24F2O6. The number of rotatable bonds is 4. The molecule has 3 aliphatic carbocycles. The van der Waals surface area contributed by atoms with E-state index in [1.54, 1.807) is 0 Å². The van der Waals surface area contributed by atoms with Crippen molar-refractivity contribution in [3.8, 4) is 0 Å². The molecule has 0 spiro atoms. The normalized spacial score (nSPS) is 39.2. The smallest absolute Gasteiger partial charge is 0.377 e. The van der Waals surface area contributed by atoms with Crippen LogP contribution in [-0.4, -0.2) is 41.6 Å². The Morgan fingerprint density at radius 1 is 1.19 bits per heavy atom. The number of ether oxygens (including phenoxy) is 3. The highest BCUT2D eigenvalue weighted by molar-refractivity contribution is 5.86. The predicted octanol–water partition coefficient (Wildman–Crippen LogP) is 2.63. The third-order valence-corrected chi connectivity index (χ3v) is 6.68. The highest BCUT2D eigenvalue weighted by atomic mass is 19.3. The molecule has 0 radical (unpaired) electrons. The first-order valence-electron chi connectivity index (χ1n) is 9.63. The van der Waals surface area contributed by atoms with Crippen LogP contribution >= 0.6 is 0 Å². The summed E-state index contributed by atoms with van der Waals surface area (Å²) in [5.74, 6) is -8.57. The maximum absolute atomic E-state index is 13.3. The number of halogens is 2. The second-order valence-corrected chi connectivity index (χ2v) is 8.71. The van der Waals surface area contributed by atoms with Crippen molar-refractivity contribution < 1.29 is 37.4 Å². The summed E-state index contributed by atoms with van der Waals surface area (Å²) in [4.78, 5) is 36.9. The average molecular weight is 386 g/mol. The monoisotopic (exact) mass is 386 g/mol. The van der Waals surface area contributed by atoms with Gasteiger partial charge in [0, 0.05) is 18.8 Å². The molecule has 4 rings (SSSR count). The van der Waals surface area contributed by atoms with E-state index in [9.17, 15) is 23.2 Å². The maximum Gasteiger partial charge on any atom is 0.377 e. The molecule has 0 amide bonds. The Labute approximate surface area is 155 Å². The molecule has 0 aromatic heterocycles. The minimum absolute atomic E-state index is 0.289. The van der Waals surface area contributed by atoms with Crippen LogP contribution in [0.1, 0.15) is 52.4 Å². The molecule has 27 heavy (non-hydrogen) atoms. The van der Waals surface area contributed by atoms with Gasteiger partial charge in [-0.2, -0.15) is 8.78 Å². The second-order valence-electron chi connectivity index (χ2n) is 8.71. The van der Waals surface area contributed by atoms with Gasteiger partial charge in [0.15, 0.2) is 0 Å². The fourth-order valence-electron chi connectivity index (χ4n) is 5.41. The fraction of sp³-hybridized carbons (Fsp3) is 0.842. The van der Waals surface area contributed by atoms with Crippen molar-refractivity contribution in [3.63, 3.8) is 0 Å². The van der Waals surface area contributed by atoms with Crippen LogP contribution in [-0.2, 0) is 28.6 Å². The standard InChI is InChI=1S/C19H24F2O6/c1-18(6-4-3-5-7-18)27-16(23)12-10-8-9-11(12)15(22)25-13(9)14(10)26-17(24)19(2,20)21/h9-14H,3-8H2,1-2H3. The van der Waals surface area contributed by atoms with Gasteiger partial charge < -0.3 is 14.2 Å². The van der Waals surface area contributed by atoms with Crippen LogP contribution in [0, 0.1) is 23.7 Å². The average Bonchev–Trinajstić information content (AvgIpc) is 3.17. The maximum atomic E-state index is 13.3. The van der Waals surface area contributed by atoms with Crippen LogP contribution in [0.4, 0.5) is 8.78 Å². The van der Waals surface area contributed by atoms with E-state index in [1.807, 2.05) is 6.92 Å². The Kier molecular flexibility index (Phi) is 4.23. The third kappa shape index (κ3) is 3.01. The Hall–Kier alpha value is -1.73. The fourth-order valence-corrected chi connectivity index (χ4v) is 5.41. The van der Waals surface area contributed by atoms with Crippen molar-refractivity contribution in [1.29, 1.82) is 0 Å². The Morgan fingerprint density at radius 3 is 2.48 bits per heavy atom. The quantitative estimate of drug-likeness (QED) is 0.546. The van der Waals surface area contributed by atoms with E-state index in [0.717, 1.165) is 32.1 Å². The largest absolute Gasteiger partial charge is 0.459 e. The van der Waals surface area contributed by atoms with Crippen molar-refractivity contribution in [3.05, 3.63) is 0 Å². The minimum atomic E-state index is -3.64. The van der Waals surface area contributed by atoms with Gasteiger partial charge in [-0.1, -0.05) is 6.42 Å². The zero-order chi connectivity index (χ0) is 19.6. The molecule has 6 unspecified atom stereocenters. The second kappa shape index (κ2) is 6.14. The first-order chi connectivity index (χ1) is 12.6. The number of alkyl halides is 2. The molecule has 1 heterocycles. The van der Waals surface area contributed by atoms with E-state index in [0.29, 0.717) is 13.3 Å². The van der Waals surface area contributed by atoms with Crippen molar-refractivity contribution in [2.75, 3.05) is 0 Å². The molecule has 0 aromatic rings. The summed E-state index contributed by atoms with van der Waals surface area (Å²) in [6.45, 7) is 2.35. The van der Waals surface area contributed by atoms with Crippen molar-refractivity contribution in [2.24, 2.45) is 23.7 Å². The number of carbonyl (C=O) groups is 3. The number of carbonyl (C=O) groups excluding carboxylic acids is 3. The Balaban J connectivity index is 1.53. The molecule has 4 aliphatic rings. The molecule has 0 aromatic carbocycles. The van der Waals surface area contributed by atoms with Crippen LogP contribution < -0.4 is 0 Å². The van der Waals surface area contributed by atoms with E-state index in [2.05, 4.69) is 0 Å². The molecule has 3 saturated carbocycles. The number of hydrogen-bond acceptors (Lipinski definition) is 6. The summed E-state index contributed by atoms with van der Waals surface area (Å²) in [6, 6.07) is 0. The summed E-state index contributed by atoms with van der Waals surface area (Å²) in [5.41, 5.74) is -0.568. The third-order valence-electron chi connectivity index (χ3n) is 6.68. The number of esters is 3. The van der Waals surface area contributed by atoms with Gasteiger partial charge in [-0.3, -0.25) is 9.59 Å². The molecule has 6 atom stereocenters. The highest BCUT2D eigenvalue weighted by Crippen LogP contribution is 2.59. The topological polar surface area (TPSA) is 78.9 Å². The van der Waals surface area contributed by atoms with E-state index >= 15 is 0 Å². The SMILES string of the molecule is CC1(OC(=O)C2C3CC4C(OC(=O)C42)C3OC(=O)C(C)(F)F)CCCCC1. The van der Waals surface area contributed by atoms with Gasteiger partial charge in [-0.05, 0) is 39.0 Å². The molecule has 2 bridgehead atoms. The molecule has 150 valence electrons. The predicted molar refractivity (Wildman–Crippen MR) is 86.5 cm³/mol. The summed E-state index contributed by atoms with van der Waals surface area (Å²) in [5, 5.41) is 0. The van der Waals surface area contributed by atoms with E-state index in [-0.39, 0.29) is 5.92 Å². The first-order valence-corrected chi connectivity index (χ1v) is 9.63. The summed E-state index contributed by atoms with van der Waals surface area (Å²) in [6.07, 6.45) is 3.24. The van der Waals surface area contributed by atoms with Crippen molar-refractivity contribution in [2.45, 2.75) is 76.1 Å². The van der Waals surface area contributed by atoms with Crippen LogP contribution in [0.15, 0.2) is 0 Å². The van der Waals surface area contributed by atoms with Crippen LogP contribution in [0.2, 0.25) is 0 Å². The minimum Gasteiger partial charge on any atom is -0.459 e. The van der Waals surface area contributed by atoms with Gasteiger partial charge in [0.1, 0.15) is 17.8 Å². The molecule has 0 N–H and O–H groups in total. The summed E-state index contributed by atoms with van der Waals surface area (Å²) < 4.78 is 42.6. The van der Waals surface area contributed by atoms with Gasteiger partial charge in [0.05, 0.1) is 11.8 Å². The van der Waals surface area contributed by atoms with Gasteiger partial charge in [-0.25, -0.2) is 4.79 Å². The lowest BCUT2D eigenvalue weighted by Crippen LogP contribution is -2.47. The lowest BCUT2D eigenvalue weighted by Gasteiger charge is -2.36. The molecule has 6 nitrogen and oxygen atoms in total. The van der Waals surface area contributed by atoms with Crippen molar-refractivity contribution in [1.82, 2.24) is 0 Å². The first kappa shape index (κ1) is 18.6. The Bertz CT molecular complexity index is 666. The van der Waals surface area contributed by atoms with E-state index < -0.39 is 59.4 Å². The van der Waals surface area contributed by atoms with E-state index in [1.165, 1.54) is 0 Å². The van der Waals surface area contributed by atoms with Gasteiger partial charge in [-0.15, -0.1) is 0 Å². The zero-order valence-corrected chi connectivity index (χ0v) is 15.4. The lowest BCUT2D eigenvalue weighted by atomic mass is 9.78. The summed E-state index contributed by atoms with van der Waals surface area (Å²) in [7, 11) is 0. The van der Waals surface area contributed by atoms with Crippen LogP contribution in [0.3, 0.4) is 0 Å². The molecule has 4 fully saturated rings. The molecule has 1 saturated heterocycles. The highest BCUT2D eigenvalue weighted by Gasteiger charge is 2.70.